The summed E-state index contributed by atoms with van der Waals surface area (Å²) in [5.74, 6) is -0.114. The Labute approximate surface area is 231 Å². The molecule has 2 rings (SSSR count). The highest BCUT2D eigenvalue weighted by atomic mass is 35.5. The van der Waals surface area contributed by atoms with E-state index in [1.54, 1.807) is 23.1 Å². The van der Waals surface area contributed by atoms with E-state index in [0.29, 0.717) is 41.0 Å². The van der Waals surface area contributed by atoms with E-state index in [9.17, 15) is 14.4 Å². The quantitative estimate of drug-likeness (QED) is 0.213. The second kappa shape index (κ2) is 13.3. The van der Waals surface area contributed by atoms with Gasteiger partial charge >= 0.3 is 0 Å². The Kier molecular flexibility index (Phi) is 11.2. The molecular weight excluding hydrogens is 529 g/mol. The maximum absolute atomic E-state index is 13.8. The largest absolute Gasteiger partial charge is 0.486 e. The van der Waals surface area contributed by atoms with Crippen molar-refractivity contribution in [2.75, 3.05) is 13.2 Å². The lowest BCUT2D eigenvalue weighted by atomic mass is 10.1. The number of unbranched alkanes of at least 4 members (excludes halogenated alkanes) is 1. The number of H-pyrrole nitrogens is 1. The molecule has 37 heavy (non-hydrogen) atoms. The summed E-state index contributed by atoms with van der Waals surface area (Å²) in [6.07, 6.45) is 3.33. The molecule has 0 saturated carbocycles. The molecule has 0 radical (unpaired) electrons. The van der Waals surface area contributed by atoms with Gasteiger partial charge in [0.25, 0.3) is 11.5 Å². The molecule has 0 atom stereocenters. The van der Waals surface area contributed by atoms with Gasteiger partial charge in [0.15, 0.2) is 14.0 Å². The standard InChI is InChI=1S/C27H41Cl2N3O4Si/c1-8-9-16-36-24-23(26(34)32(18(2)3)15-11-14-27(4,5)37(6,7)35)30-21(31-25(24)33)17-19-12-10-13-20(28)22(19)29/h10,12-13,18,35H,8-9,11,14-17H2,1-7H3,(H,30,31,33). The third-order valence-corrected chi connectivity index (χ3v) is 11.4. The maximum atomic E-state index is 13.8. The van der Waals surface area contributed by atoms with E-state index in [-0.39, 0.29) is 34.9 Å². The number of benzene rings is 1. The molecule has 0 saturated heterocycles. The number of nitrogens with one attached hydrogen (secondary N) is 1. The van der Waals surface area contributed by atoms with Crippen LogP contribution in [0.5, 0.6) is 5.75 Å². The lowest BCUT2D eigenvalue weighted by Crippen LogP contribution is -2.41. The Morgan fingerprint density at radius 3 is 2.51 bits per heavy atom. The smallest absolute Gasteiger partial charge is 0.294 e. The molecule has 7 nitrogen and oxygen atoms in total. The molecule has 10 heteroatoms. The van der Waals surface area contributed by atoms with Crippen LogP contribution in [0.3, 0.4) is 0 Å². The minimum absolute atomic E-state index is 0.00201. The molecule has 0 aliphatic heterocycles. The van der Waals surface area contributed by atoms with Crippen molar-refractivity contribution in [2.45, 2.75) is 90.9 Å². The number of amides is 1. The summed E-state index contributed by atoms with van der Waals surface area (Å²) in [5, 5.41) is 0.587. The molecule has 1 heterocycles. The molecule has 2 aromatic rings. The predicted octanol–water partition coefficient (Wildman–Crippen LogP) is 6.45. The lowest BCUT2D eigenvalue weighted by Gasteiger charge is -2.36. The van der Waals surface area contributed by atoms with Gasteiger partial charge in [-0.3, -0.25) is 9.59 Å². The highest BCUT2D eigenvalue weighted by molar-refractivity contribution is 6.72. The van der Waals surface area contributed by atoms with E-state index in [1.807, 2.05) is 33.9 Å². The van der Waals surface area contributed by atoms with Gasteiger partial charge in [-0.2, -0.15) is 0 Å². The molecule has 0 aliphatic rings. The van der Waals surface area contributed by atoms with Crippen LogP contribution in [0.2, 0.25) is 28.2 Å². The first-order chi connectivity index (χ1) is 17.2. The van der Waals surface area contributed by atoms with Gasteiger partial charge in [-0.1, -0.05) is 62.5 Å². The zero-order valence-electron chi connectivity index (χ0n) is 23.1. The molecule has 1 aromatic carbocycles. The zero-order chi connectivity index (χ0) is 28.0. The predicted molar refractivity (Wildman–Crippen MR) is 154 cm³/mol. The van der Waals surface area contributed by atoms with E-state index < -0.39 is 13.9 Å². The van der Waals surface area contributed by atoms with E-state index in [0.717, 1.165) is 19.3 Å². The van der Waals surface area contributed by atoms with Crippen molar-refractivity contribution in [3.8, 4) is 5.75 Å². The molecule has 1 amide bonds. The maximum Gasteiger partial charge on any atom is 0.294 e. The van der Waals surface area contributed by atoms with Crippen molar-refractivity contribution in [1.29, 1.82) is 0 Å². The molecule has 0 spiro atoms. The number of carbonyl (C=O) groups is 1. The highest BCUT2D eigenvalue weighted by Gasteiger charge is 2.37. The first-order valence-corrected chi connectivity index (χ1v) is 16.6. The van der Waals surface area contributed by atoms with Crippen molar-refractivity contribution in [3.05, 3.63) is 55.7 Å². The second-order valence-corrected chi connectivity index (χ2v) is 16.2. The van der Waals surface area contributed by atoms with Crippen LogP contribution in [0.1, 0.15) is 82.2 Å². The average Bonchev–Trinajstić information content (AvgIpc) is 2.79. The Morgan fingerprint density at radius 2 is 1.92 bits per heavy atom. The fourth-order valence-electron chi connectivity index (χ4n) is 3.78. The molecule has 206 valence electrons. The second-order valence-electron chi connectivity index (χ2n) is 10.9. The van der Waals surface area contributed by atoms with Crippen molar-refractivity contribution in [3.63, 3.8) is 0 Å². The Balaban J connectivity index is 2.42. The van der Waals surface area contributed by atoms with Gasteiger partial charge in [-0.25, -0.2) is 4.98 Å². The van der Waals surface area contributed by atoms with Crippen LogP contribution < -0.4 is 10.3 Å². The average molecular weight is 571 g/mol. The number of aromatic amines is 1. The fourth-order valence-corrected chi connectivity index (χ4v) is 4.96. The monoisotopic (exact) mass is 569 g/mol. The van der Waals surface area contributed by atoms with Crippen molar-refractivity contribution >= 4 is 37.4 Å². The highest BCUT2D eigenvalue weighted by Crippen LogP contribution is 2.39. The van der Waals surface area contributed by atoms with Gasteiger partial charge < -0.3 is 19.4 Å². The van der Waals surface area contributed by atoms with Crippen LogP contribution in [-0.4, -0.2) is 53.1 Å². The fraction of sp³-hybridized carbons (Fsp3) is 0.593. The number of halogens is 2. The number of hydrogen-bond acceptors (Lipinski definition) is 5. The third-order valence-electron chi connectivity index (χ3n) is 7.00. The van der Waals surface area contributed by atoms with Gasteiger partial charge in [0.1, 0.15) is 5.82 Å². The number of aromatic nitrogens is 2. The summed E-state index contributed by atoms with van der Waals surface area (Å²) in [6, 6.07) is 5.14. The Hall–Kier alpha value is -1.87. The van der Waals surface area contributed by atoms with Crippen LogP contribution in [0.15, 0.2) is 23.0 Å². The van der Waals surface area contributed by atoms with Gasteiger partial charge in [0.05, 0.1) is 16.7 Å². The van der Waals surface area contributed by atoms with Crippen LogP contribution in [0, 0.1) is 0 Å². The molecule has 0 fully saturated rings. The summed E-state index contributed by atoms with van der Waals surface area (Å²) >= 11 is 12.5. The number of hydrogen-bond donors (Lipinski definition) is 2. The minimum Gasteiger partial charge on any atom is -0.486 e. The van der Waals surface area contributed by atoms with E-state index in [1.165, 1.54) is 0 Å². The first-order valence-electron chi connectivity index (χ1n) is 12.9. The number of ether oxygens (including phenoxy) is 1. The summed E-state index contributed by atoms with van der Waals surface area (Å²) in [6.45, 7) is 14.7. The van der Waals surface area contributed by atoms with E-state index in [4.69, 9.17) is 27.9 Å². The van der Waals surface area contributed by atoms with Crippen molar-refractivity contribution in [2.24, 2.45) is 0 Å². The summed E-state index contributed by atoms with van der Waals surface area (Å²) in [4.78, 5) is 46.6. The topological polar surface area (TPSA) is 95.5 Å². The Bertz CT molecular complexity index is 1130. The molecule has 1 aromatic heterocycles. The number of carbonyl (C=O) groups excluding carboxylic acids is 1. The molecular formula is C27H41Cl2N3O4Si. The zero-order valence-corrected chi connectivity index (χ0v) is 25.6. The summed E-state index contributed by atoms with van der Waals surface area (Å²) in [7, 11) is -2.37. The van der Waals surface area contributed by atoms with Gasteiger partial charge in [-0.15, -0.1) is 0 Å². The van der Waals surface area contributed by atoms with Gasteiger partial charge in [-0.05, 0) is 62.9 Å². The van der Waals surface area contributed by atoms with Crippen LogP contribution in [-0.2, 0) is 6.42 Å². The number of nitrogens with zero attached hydrogens (tertiary/aromatic N) is 2. The minimum atomic E-state index is -2.37. The van der Waals surface area contributed by atoms with Gasteiger partial charge in [0.2, 0.25) is 5.75 Å². The third kappa shape index (κ3) is 8.30. The normalized spacial score (nSPS) is 12.2. The van der Waals surface area contributed by atoms with Crippen molar-refractivity contribution < 1.29 is 14.3 Å². The van der Waals surface area contributed by atoms with Gasteiger partial charge in [0, 0.05) is 19.0 Å². The van der Waals surface area contributed by atoms with Crippen LogP contribution in [0.25, 0.3) is 0 Å². The molecule has 2 N–H and O–H groups in total. The van der Waals surface area contributed by atoms with Crippen LogP contribution in [0.4, 0.5) is 0 Å². The SMILES string of the molecule is CCCCOc1c(C(=O)N(CCCC(C)(C)[Si](C)(C)O)C(C)C)nc(Cc2cccc(Cl)c2Cl)[nH]c1=O. The lowest BCUT2D eigenvalue weighted by molar-refractivity contribution is 0.0688. The first kappa shape index (κ1) is 31.3. The molecule has 0 bridgehead atoms. The van der Waals surface area contributed by atoms with E-state index >= 15 is 0 Å². The van der Waals surface area contributed by atoms with Crippen molar-refractivity contribution in [1.82, 2.24) is 14.9 Å². The Morgan fingerprint density at radius 1 is 1.24 bits per heavy atom. The molecule has 0 unspecified atom stereocenters. The molecule has 0 aliphatic carbocycles. The van der Waals surface area contributed by atoms with E-state index in [2.05, 4.69) is 23.8 Å². The van der Waals surface area contributed by atoms with Crippen LogP contribution >= 0.6 is 23.2 Å². The summed E-state index contributed by atoms with van der Waals surface area (Å²) in [5.41, 5.74) is 0.187. The summed E-state index contributed by atoms with van der Waals surface area (Å²) < 4.78 is 5.78. The number of rotatable bonds is 13.